The first-order valence-electron chi connectivity index (χ1n) is 10.9. The zero-order valence-electron chi connectivity index (χ0n) is 18.5. The second kappa shape index (κ2) is 8.77. The van der Waals surface area contributed by atoms with E-state index in [1.807, 2.05) is 48.5 Å². The number of amides is 1. The first-order chi connectivity index (χ1) is 15.8. The Kier molecular flexibility index (Phi) is 6.01. The van der Waals surface area contributed by atoms with Gasteiger partial charge in [0.1, 0.15) is 12.4 Å². The third-order valence-corrected chi connectivity index (χ3v) is 7.11. The highest BCUT2D eigenvalue weighted by Gasteiger charge is 2.57. The van der Waals surface area contributed by atoms with E-state index in [0.717, 1.165) is 16.7 Å². The van der Waals surface area contributed by atoms with Crippen LogP contribution < -0.4 is 4.74 Å². The lowest BCUT2D eigenvalue weighted by atomic mass is 9.63. The Morgan fingerprint density at radius 2 is 1.64 bits per heavy atom. The number of carboxylic acid groups (broad SMARTS) is 2. The van der Waals surface area contributed by atoms with Gasteiger partial charge in [0, 0.05) is 6.54 Å². The minimum absolute atomic E-state index is 0.0778. The number of rotatable bonds is 5. The zero-order valence-corrected chi connectivity index (χ0v) is 18.5. The molecule has 0 atom stereocenters. The predicted octanol–water partition coefficient (Wildman–Crippen LogP) is 3.82. The summed E-state index contributed by atoms with van der Waals surface area (Å²) in [6.45, 7) is 0.511. The van der Waals surface area contributed by atoms with Crippen LogP contribution in [0.4, 0.5) is 4.79 Å². The van der Waals surface area contributed by atoms with Gasteiger partial charge in [-0.1, -0.05) is 36.4 Å². The average molecular weight is 453 g/mol. The number of carboxylic acids is 2. The van der Waals surface area contributed by atoms with E-state index in [4.69, 9.17) is 9.47 Å². The molecule has 33 heavy (non-hydrogen) atoms. The van der Waals surface area contributed by atoms with Crippen molar-refractivity contribution in [1.29, 1.82) is 0 Å². The largest absolute Gasteiger partial charge is 0.497 e. The van der Waals surface area contributed by atoms with Crippen LogP contribution in [0, 0.1) is 5.41 Å². The summed E-state index contributed by atoms with van der Waals surface area (Å²) in [7, 11) is 1.59. The number of hydrogen-bond acceptors (Lipinski definition) is 5. The van der Waals surface area contributed by atoms with Crippen LogP contribution >= 0.6 is 0 Å². The Morgan fingerprint density at radius 3 is 2.24 bits per heavy atom. The molecule has 1 amide bonds. The maximum absolute atomic E-state index is 13.3. The van der Waals surface area contributed by atoms with Crippen molar-refractivity contribution in [1.82, 2.24) is 4.90 Å². The quantitative estimate of drug-likeness (QED) is 0.662. The molecule has 0 bridgehead atoms. The molecule has 4 rings (SSSR count). The summed E-state index contributed by atoms with van der Waals surface area (Å²) in [6, 6.07) is 15.0. The highest BCUT2D eigenvalue weighted by atomic mass is 16.6. The Bertz CT molecular complexity index is 1040. The van der Waals surface area contributed by atoms with Crippen LogP contribution in [0.3, 0.4) is 0 Å². The van der Waals surface area contributed by atoms with E-state index in [0.29, 0.717) is 18.7 Å². The van der Waals surface area contributed by atoms with Crippen molar-refractivity contribution in [3.63, 3.8) is 0 Å². The van der Waals surface area contributed by atoms with E-state index in [1.165, 1.54) is 0 Å². The second-order valence-electron chi connectivity index (χ2n) is 8.69. The summed E-state index contributed by atoms with van der Waals surface area (Å²) in [5.41, 5.74) is 0.0911. The van der Waals surface area contributed by atoms with E-state index >= 15 is 0 Å². The fraction of sp³-hybridized carbons (Fsp3) is 0.400. The Morgan fingerprint density at radius 1 is 0.970 bits per heavy atom. The normalized spacial score (nSPS) is 18.3. The predicted molar refractivity (Wildman–Crippen MR) is 118 cm³/mol. The standard InChI is InChI=1S/C25H27NO7/c1-32-19-7-8-20-18(15-19)9-14-26(23(31)33-16-17-5-3-2-4-6-17)25(20)12-10-24(11-13-25,21(27)28)22(29)30/h2-8,15H,9-14,16H2,1H3,(H,27,28)(H,29,30). The number of methoxy groups -OCH3 is 1. The summed E-state index contributed by atoms with van der Waals surface area (Å²) >= 11 is 0. The Balaban J connectivity index is 1.67. The monoisotopic (exact) mass is 453 g/mol. The maximum Gasteiger partial charge on any atom is 0.410 e. The molecule has 1 aliphatic heterocycles. The van der Waals surface area contributed by atoms with E-state index in [1.54, 1.807) is 12.0 Å². The second-order valence-corrected chi connectivity index (χ2v) is 8.69. The van der Waals surface area contributed by atoms with Crippen molar-refractivity contribution < 1.29 is 34.1 Å². The summed E-state index contributed by atoms with van der Waals surface area (Å²) in [6.07, 6.45) is 0.379. The molecule has 174 valence electrons. The van der Waals surface area contributed by atoms with Gasteiger partial charge in [0.2, 0.25) is 0 Å². The van der Waals surface area contributed by atoms with Gasteiger partial charge in [-0.25, -0.2) is 4.79 Å². The molecule has 2 aliphatic rings. The molecular formula is C25H27NO7. The topological polar surface area (TPSA) is 113 Å². The Labute approximate surface area is 191 Å². The molecule has 8 heteroatoms. The van der Waals surface area contributed by atoms with Crippen molar-refractivity contribution in [2.24, 2.45) is 5.41 Å². The number of carbonyl (C=O) groups excluding carboxylic acids is 1. The van der Waals surface area contributed by atoms with E-state index < -0.39 is 29.0 Å². The average Bonchev–Trinajstić information content (AvgIpc) is 2.83. The lowest BCUT2D eigenvalue weighted by molar-refractivity contribution is -0.169. The van der Waals surface area contributed by atoms with Gasteiger partial charge in [0.05, 0.1) is 12.6 Å². The molecule has 0 radical (unpaired) electrons. The van der Waals surface area contributed by atoms with Crippen LogP contribution in [0.2, 0.25) is 0 Å². The molecule has 1 aliphatic carbocycles. The molecule has 0 aromatic heterocycles. The Hall–Kier alpha value is -3.55. The van der Waals surface area contributed by atoms with Crippen molar-refractivity contribution in [2.45, 2.75) is 44.2 Å². The summed E-state index contributed by atoms with van der Waals surface area (Å²) in [4.78, 5) is 38.7. The lowest BCUT2D eigenvalue weighted by Gasteiger charge is -2.52. The fourth-order valence-electron chi connectivity index (χ4n) is 5.16. The van der Waals surface area contributed by atoms with E-state index in [2.05, 4.69) is 0 Å². The summed E-state index contributed by atoms with van der Waals surface area (Å²) < 4.78 is 11.0. The number of hydrogen-bond donors (Lipinski definition) is 2. The fourth-order valence-corrected chi connectivity index (χ4v) is 5.16. The van der Waals surface area contributed by atoms with Gasteiger partial charge in [-0.15, -0.1) is 0 Å². The molecule has 2 aromatic rings. The number of nitrogens with zero attached hydrogens (tertiary/aromatic N) is 1. The van der Waals surface area contributed by atoms with Gasteiger partial charge in [0.25, 0.3) is 0 Å². The van der Waals surface area contributed by atoms with Gasteiger partial charge in [-0.2, -0.15) is 0 Å². The molecule has 2 N–H and O–H groups in total. The van der Waals surface area contributed by atoms with Crippen LogP contribution in [0.5, 0.6) is 5.75 Å². The SMILES string of the molecule is COc1ccc2c(c1)CCN(C(=O)OCc1ccccc1)C21CCC(C(=O)O)(C(=O)O)CC1. The highest BCUT2D eigenvalue weighted by Crippen LogP contribution is 2.52. The number of ether oxygens (including phenoxy) is 2. The van der Waals surface area contributed by atoms with Gasteiger partial charge in [-0.3, -0.25) is 14.5 Å². The van der Waals surface area contributed by atoms with Crippen molar-refractivity contribution >= 4 is 18.0 Å². The van der Waals surface area contributed by atoms with Crippen molar-refractivity contribution in [2.75, 3.05) is 13.7 Å². The van der Waals surface area contributed by atoms with Crippen LogP contribution in [-0.4, -0.2) is 46.8 Å². The van der Waals surface area contributed by atoms with Gasteiger partial charge in [-0.05, 0) is 60.9 Å². The lowest BCUT2D eigenvalue weighted by Crippen LogP contribution is -2.58. The maximum atomic E-state index is 13.3. The molecule has 0 saturated heterocycles. The zero-order chi connectivity index (χ0) is 23.6. The van der Waals surface area contributed by atoms with Gasteiger partial charge in [0.15, 0.2) is 5.41 Å². The number of benzene rings is 2. The van der Waals surface area contributed by atoms with Gasteiger partial charge < -0.3 is 19.7 Å². The highest BCUT2D eigenvalue weighted by molar-refractivity contribution is 5.98. The first-order valence-corrected chi connectivity index (χ1v) is 10.9. The molecule has 1 spiro atoms. The summed E-state index contributed by atoms with van der Waals surface area (Å²) in [5, 5.41) is 19.4. The molecular weight excluding hydrogens is 426 g/mol. The molecule has 1 heterocycles. The number of aliphatic carboxylic acids is 2. The van der Waals surface area contributed by atoms with Crippen LogP contribution in [-0.2, 0) is 32.9 Å². The molecule has 2 aromatic carbocycles. The molecule has 0 unspecified atom stereocenters. The smallest absolute Gasteiger partial charge is 0.410 e. The van der Waals surface area contributed by atoms with Crippen LogP contribution in [0.15, 0.2) is 48.5 Å². The van der Waals surface area contributed by atoms with Gasteiger partial charge >= 0.3 is 18.0 Å². The molecule has 1 saturated carbocycles. The number of fused-ring (bicyclic) bond motifs is 2. The van der Waals surface area contributed by atoms with Crippen molar-refractivity contribution in [3.8, 4) is 5.75 Å². The third-order valence-electron chi connectivity index (χ3n) is 7.11. The van der Waals surface area contributed by atoms with Crippen LogP contribution in [0.25, 0.3) is 0 Å². The van der Waals surface area contributed by atoms with E-state index in [-0.39, 0.29) is 32.3 Å². The minimum atomic E-state index is -1.85. The first kappa shape index (κ1) is 22.6. The van der Waals surface area contributed by atoms with E-state index in [9.17, 15) is 24.6 Å². The van der Waals surface area contributed by atoms with Crippen molar-refractivity contribution in [3.05, 3.63) is 65.2 Å². The van der Waals surface area contributed by atoms with Crippen LogP contribution in [0.1, 0.15) is 42.4 Å². The third kappa shape index (κ3) is 3.90. The minimum Gasteiger partial charge on any atom is -0.497 e. The summed E-state index contributed by atoms with van der Waals surface area (Å²) in [5.74, 6) is -1.98. The molecule has 1 fully saturated rings. The molecule has 8 nitrogen and oxygen atoms in total. The number of carbonyl (C=O) groups is 3.